The molecule has 0 aliphatic rings. The van der Waals surface area contributed by atoms with E-state index in [-0.39, 0.29) is 20.6 Å². The third-order valence-corrected chi connectivity index (χ3v) is 4.06. The van der Waals surface area contributed by atoms with Crippen LogP contribution in [0.25, 0.3) is 4.72 Å². The summed E-state index contributed by atoms with van der Waals surface area (Å²) < 4.78 is 27.7. The van der Waals surface area contributed by atoms with Crippen molar-refractivity contribution >= 4 is 38.9 Å². The molecule has 0 spiro atoms. The zero-order valence-corrected chi connectivity index (χ0v) is 11.2. The molecular formula is C11H7Cl2N2O2S-. The average Bonchev–Trinajstić information content (AvgIpc) is 2.33. The first-order chi connectivity index (χ1) is 8.49. The van der Waals surface area contributed by atoms with Crippen LogP contribution in [0.3, 0.4) is 0 Å². The van der Waals surface area contributed by atoms with Crippen molar-refractivity contribution in [2.24, 2.45) is 0 Å². The third kappa shape index (κ3) is 2.93. The first kappa shape index (κ1) is 13.1. The molecule has 1 heterocycles. The second-order valence-corrected chi connectivity index (χ2v) is 5.77. The zero-order valence-electron chi connectivity index (χ0n) is 8.92. The van der Waals surface area contributed by atoms with Gasteiger partial charge in [-0.05, 0) is 24.3 Å². The van der Waals surface area contributed by atoms with Gasteiger partial charge in [0.1, 0.15) is 10.0 Å². The van der Waals surface area contributed by atoms with Crippen molar-refractivity contribution in [1.82, 2.24) is 4.98 Å². The Balaban J connectivity index is 2.40. The number of hydrogen-bond donors (Lipinski definition) is 0. The number of aromatic nitrogens is 1. The summed E-state index contributed by atoms with van der Waals surface area (Å²) in [4.78, 5) is 3.66. The number of rotatable bonds is 3. The molecule has 0 aliphatic heterocycles. The number of sulfonamides is 1. The topological polar surface area (TPSA) is 61.1 Å². The van der Waals surface area contributed by atoms with E-state index < -0.39 is 10.0 Å². The minimum atomic E-state index is -3.90. The fraction of sp³-hybridized carbons (Fsp3) is 0. The summed E-state index contributed by atoms with van der Waals surface area (Å²) in [6.45, 7) is 0. The first-order valence-electron chi connectivity index (χ1n) is 4.82. The summed E-state index contributed by atoms with van der Waals surface area (Å²) in [5, 5.41) is 0.353. The highest BCUT2D eigenvalue weighted by atomic mass is 35.5. The first-order valence-corrected chi connectivity index (χ1v) is 7.02. The molecule has 0 unspecified atom stereocenters. The number of halogens is 2. The van der Waals surface area contributed by atoms with Crippen LogP contribution in [0.4, 0.5) is 5.69 Å². The van der Waals surface area contributed by atoms with Crippen LogP contribution >= 0.6 is 23.2 Å². The summed E-state index contributed by atoms with van der Waals surface area (Å²) >= 11 is 11.6. The molecule has 0 saturated heterocycles. The summed E-state index contributed by atoms with van der Waals surface area (Å²) in [6, 6.07) is 7.30. The molecule has 1 aromatic carbocycles. The average molecular weight is 302 g/mol. The Hall–Kier alpha value is -1.30. The van der Waals surface area contributed by atoms with E-state index in [9.17, 15) is 8.42 Å². The van der Waals surface area contributed by atoms with E-state index >= 15 is 0 Å². The molecule has 2 aromatic rings. The maximum Gasteiger partial charge on any atom is 0.124 e. The van der Waals surface area contributed by atoms with E-state index in [2.05, 4.69) is 9.71 Å². The normalized spacial score (nSPS) is 11.2. The van der Waals surface area contributed by atoms with Crippen molar-refractivity contribution in [2.45, 2.75) is 4.90 Å². The van der Waals surface area contributed by atoms with Gasteiger partial charge in [-0.1, -0.05) is 29.3 Å². The number of hydrogen-bond acceptors (Lipinski definition) is 3. The largest absolute Gasteiger partial charge is 0.571 e. The highest BCUT2D eigenvalue weighted by Gasteiger charge is 2.10. The molecule has 0 aliphatic carbocycles. The molecule has 0 fully saturated rings. The van der Waals surface area contributed by atoms with Crippen LogP contribution in [0.1, 0.15) is 0 Å². The second-order valence-electron chi connectivity index (χ2n) is 3.35. The molecule has 0 amide bonds. The van der Waals surface area contributed by atoms with Crippen LogP contribution in [0, 0.1) is 0 Å². The highest BCUT2D eigenvalue weighted by Crippen LogP contribution is 2.32. The lowest BCUT2D eigenvalue weighted by molar-refractivity contribution is 0.603. The Bertz CT molecular complexity index is 660. The lowest BCUT2D eigenvalue weighted by Crippen LogP contribution is -1.98. The van der Waals surface area contributed by atoms with Crippen LogP contribution in [-0.2, 0) is 10.0 Å². The zero-order chi connectivity index (χ0) is 13.2. The fourth-order valence-corrected chi connectivity index (χ4v) is 2.99. The summed E-state index contributed by atoms with van der Waals surface area (Å²) in [6.07, 6.45) is 2.87. The summed E-state index contributed by atoms with van der Waals surface area (Å²) in [7, 11) is -3.90. The lowest BCUT2D eigenvalue weighted by Gasteiger charge is -2.21. The molecule has 18 heavy (non-hydrogen) atoms. The minimum absolute atomic E-state index is 0.0760. The third-order valence-electron chi connectivity index (χ3n) is 2.04. The van der Waals surface area contributed by atoms with Gasteiger partial charge in [0.15, 0.2) is 0 Å². The molecule has 2 rings (SSSR count). The van der Waals surface area contributed by atoms with Crippen LogP contribution in [0.15, 0.2) is 47.6 Å². The molecule has 1 aromatic heterocycles. The van der Waals surface area contributed by atoms with Gasteiger partial charge in [-0.15, -0.1) is 5.69 Å². The standard InChI is InChI=1S/C11H7Cl2N2O2S/c12-8-3-4-10(13)11(6-8)18(16,17)15-9-2-1-5-14-7-9/h1-7H/q-1. The fourth-order valence-electron chi connectivity index (χ4n) is 1.27. The highest BCUT2D eigenvalue weighted by molar-refractivity contribution is 7.94. The SMILES string of the molecule is O=S(=O)([N-]c1cccnc1)c1cc(Cl)ccc1Cl. The van der Waals surface area contributed by atoms with Gasteiger partial charge >= 0.3 is 0 Å². The Labute approximate surface area is 115 Å². The van der Waals surface area contributed by atoms with Crippen molar-refractivity contribution in [2.75, 3.05) is 0 Å². The predicted octanol–water partition coefficient (Wildman–Crippen LogP) is 3.78. The van der Waals surface area contributed by atoms with Gasteiger partial charge in [0.05, 0.1) is 9.92 Å². The Morgan fingerprint density at radius 2 is 1.94 bits per heavy atom. The summed E-state index contributed by atoms with van der Waals surface area (Å²) in [5.74, 6) is 0. The molecule has 4 nitrogen and oxygen atoms in total. The van der Waals surface area contributed by atoms with E-state index in [1.807, 2.05) is 0 Å². The molecule has 0 saturated carbocycles. The number of nitrogens with zero attached hydrogens (tertiary/aromatic N) is 2. The van der Waals surface area contributed by atoms with E-state index in [0.717, 1.165) is 0 Å². The van der Waals surface area contributed by atoms with E-state index in [0.29, 0.717) is 0 Å². The number of pyridine rings is 1. The van der Waals surface area contributed by atoms with Crippen molar-refractivity contribution < 1.29 is 8.42 Å². The molecule has 94 valence electrons. The van der Waals surface area contributed by atoms with Crippen molar-refractivity contribution in [1.29, 1.82) is 0 Å². The monoisotopic (exact) mass is 301 g/mol. The van der Waals surface area contributed by atoms with Gasteiger partial charge in [-0.2, -0.15) is 0 Å². The summed E-state index contributed by atoms with van der Waals surface area (Å²) in [5.41, 5.74) is 0.230. The molecular weight excluding hydrogens is 295 g/mol. The van der Waals surface area contributed by atoms with Gasteiger partial charge in [0, 0.05) is 17.4 Å². The Kier molecular flexibility index (Phi) is 3.75. The second kappa shape index (κ2) is 5.14. The smallest absolute Gasteiger partial charge is 0.124 e. The molecule has 7 heteroatoms. The van der Waals surface area contributed by atoms with Gasteiger partial charge in [0.25, 0.3) is 0 Å². The van der Waals surface area contributed by atoms with Crippen LogP contribution in [0.2, 0.25) is 10.0 Å². The predicted molar refractivity (Wildman–Crippen MR) is 70.9 cm³/mol. The van der Waals surface area contributed by atoms with Crippen molar-refractivity contribution in [3.63, 3.8) is 0 Å². The molecule has 0 atom stereocenters. The lowest BCUT2D eigenvalue weighted by atomic mass is 10.4. The Morgan fingerprint density at radius 1 is 1.17 bits per heavy atom. The molecule has 0 bridgehead atoms. The van der Waals surface area contributed by atoms with Gasteiger partial charge in [-0.3, -0.25) is 4.98 Å². The van der Waals surface area contributed by atoms with Crippen LogP contribution in [0.5, 0.6) is 0 Å². The Morgan fingerprint density at radius 3 is 2.61 bits per heavy atom. The van der Waals surface area contributed by atoms with E-state index in [1.165, 1.54) is 36.7 Å². The van der Waals surface area contributed by atoms with Gasteiger partial charge < -0.3 is 4.72 Å². The van der Waals surface area contributed by atoms with Crippen LogP contribution < -0.4 is 0 Å². The van der Waals surface area contributed by atoms with E-state index in [1.54, 1.807) is 6.07 Å². The van der Waals surface area contributed by atoms with E-state index in [4.69, 9.17) is 23.2 Å². The number of benzene rings is 1. The van der Waals surface area contributed by atoms with Crippen molar-refractivity contribution in [3.05, 3.63) is 57.5 Å². The van der Waals surface area contributed by atoms with Crippen LogP contribution in [-0.4, -0.2) is 13.4 Å². The quantitative estimate of drug-likeness (QED) is 0.866. The van der Waals surface area contributed by atoms with Crippen molar-refractivity contribution in [3.8, 4) is 0 Å². The molecule has 0 N–H and O–H groups in total. The maximum absolute atomic E-state index is 12.0. The molecule has 0 radical (unpaired) electrons. The maximum atomic E-state index is 12.0. The van der Waals surface area contributed by atoms with Gasteiger partial charge in [-0.25, -0.2) is 8.42 Å². The van der Waals surface area contributed by atoms with Gasteiger partial charge in [0.2, 0.25) is 0 Å². The minimum Gasteiger partial charge on any atom is -0.571 e.